The summed E-state index contributed by atoms with van der Waals surface area (Å²) in [6.07, 6.45) is 1.81. The summed E-state index contributed by atoms with van der Waals surface area (Å²) in [4.78, 5) is 0. The number of nitrogens with two attached hydrogens (primary N) is 1. The van der Waals surface area contributed by atoms with Crippen molar-refractivity contribution < 1.29 is 8.78 Å². The van der Waals surface area contributed by atoms with Crippen LogP contribution in [0.1, 0.15) is 31.4 Å². The molecule has 0 amide bonds. The summed E-state index contributed by atoms with van der Waals surface area (Å²) in [5.74, 6) is -2.60. The molecule has 0 atom stereocenters. The summed E-state index contributed by atoms with van der Waals surface area (Å²) >= 11 is 0. The Hall–Kier alpha value is -1.82. The van der Waals surface area contributed by atoms with Gasteiger partial charge in [0.1, 0.15) is 5.69 Å². The van der Waals surface area contributed by atoms with Crippen LogP contribution in [0.15, 0.2) is 36.5 Å². The molecule has 0 bridgehead atoms. The molecule has 6 heteroatoms. The molecule has 1 aliphatic carbocycles. The van der Waals surface area contributed by atoms with Crippen molar-refractivity contribution in [2.45, 2.75) is 37.1 Å². The molecular weight excluding hydrogens is 262 g/mol. The largest absolute Gasteiger partial charge is 0.320 e. The smallest absolute Gasteiger partial charge is 0.248 e. The first-order chi connectivity index (χ1) is 9.49. The molecule has 0 spiro atoms. The molecule has 1 aliphatic rings. The van der Waals surface area contributed by atoms with Crippen LogP contribution >= 0.6 is 0 Å². The maximum absolute atomic E-state index is 13.2. The van der Waals surface area contributed by atoms with E-state index in [0.717, 1.165) is 5.69 Å². The van der Waals surface area contributed by atoms with Crippen molar-refractivity contribution >= 4 is 0 Å². The van der Waals surface area contributed by atoms with Gasteiger partial charge in [-0.15, -0.1) is 5.10 Å². The highest BCUT2D eigenvalue weighted by Crippen LogP contribution is 2.41. The molecule has 0 radical (unpaired) electrons. The van der Waals surface area contributed by atoms with Crippen molar-refractivity contribution in [1.82, 2.24) is 15.0 Å². The van der Waals surface area contributed by atoms with Gasteiger partial charge in [0.15, 0.2) is 0 Å². The number of nitrogens with zero attached hydrogens (tertiary/aromatic N) is 3. The molecule has 3 rings (SSSR count). The summed E-state index contributed by atoms with van der Waals surface area (Å²) in [6, 6.07) is 9.51. The van der Waals surface area contributed by atoms with Crippen LogP contribution in [-0.2, 0) is 5.54 Å². The fourth-order valence-electron chi connectivity index (χ4n) is 2.52. The maximum atomic E-state index is 13.2. The van der Waals surface area contributed by atoms with Crippen molar-refractivity contribution in [2.24, 2.45) is 5.73 Å². The average molecular weight is 278 g/mol. The zero-order valence-corrected chi connectivity index (χ0v) is 11.0. The molecular formula is C14H16F2N4. The Balaban J connectivity index is 1.84. The van der Waals surface area contributed by atoms with E-state index in [-0.39, 0.29) is 25.7 Å². The standard InChI is InChI=1S/C14H16F2N4/c15-14(16)8-6-13(17,7-9-14)12-10-20(19-18-12)11-4-2-1-3-5-11/h1-5,10H,6-9,17H2. The quantitative estimate of drug-likeness (QED) is 0.918. The first kappa shape index (κ1) is 13.2. The third kappa shape index (κ3) is 2.43. The van der Waals surface area contributed by atoms with Crippen molar-refractivity contribution in [1.29, 1.82) is 0 Å². The number of alkyl halides is 2. The van der Waals surface area contributed by atoms with Gasteiger partial charge in [-0.05, 0) is 25.0 Å². The van der Waals surface area contributed by atoms with Crippen molar-refractivity contribution in [3.05, 3.63) is 42.2 Å². The third-order valence-corrected chi connectivity index (χ3v) is 3.90. The molecule has 20 heavy (non-hydrogen) atoms. The number of hydrogen-bond acceptors (Lipinski definition) is 3. The summed E-state index contributed by atoms with van der Waals surface area (Å²) in [7, 11) is 0. The van der Waals surface area contributed by atoms with Crippen LogP contribution in [0.2, 0.25) is 0 Å². The molecule has 1 aromatic carbocycles. The zero-order valence-electron chi connectivity index (χ0n) is 11.0. The van der Waals surface area contributed by atoms with Gasteiger partial charge >= 0.3 is 0 Å². The number of hydrogen-bond donors (Lipinski definition) is 1. The van der Waals surface area contributed by atoms with Gasteiger partial charge in [0, 0.05) is 12.8 Å². The van der Waals surface area contributed by atoms with Crippen LogP contribution in [-0.4, -0.2) is 20.9 Å². The molecule has 1 saturated carbocycles. The molecule has 2 aromatic rings. The highest BCUT2D eigenvalue weighted by atomic mass is 19.3. The zero-order chi connectivity index (χ0) is 14.2. The Morgan fingerprint density at radius 3 is 2.35 bits per heavy atom. The first-order valence-corrected chi connectivity index (χ1v) is 6.64. The minimum atomic E-state index is -2.60. The Kier molecular flexibility index (Phi) is 3.05. The van der Waals surface area contributed by atoms with Gasteiger partial charge in [0.2, 0.25) is 5.92 Å². The van der Waals surface area contributed by atoms with E-state index in [1.54, 1.807) is 10.9 Å². The van der Waals surface area contributed by atoms with E-state index in [9.17, 15) is 8.78 Å². The van der Waals surface area contributed by atoms with Crippen molar-refractivity contribution in [3.8, 4) is 5.69 Å². The van der Waals surface area contributed by atoms with E-state index >= 15 is 0 Å². The van der Waals surface area contributed by atoms with E-state index in [0.29, 0.717) is 5.69 Å². The third-order valence-electron chi connectivity index (χ3n) is 3.90. The second-order valence-electron chi connectivity index (χ2n) is 5.40. The second-order valence-corrected chi connectivity index (χ2v) is 5.40. The highest BCUT2D eigenvalue weighted by Gasteiger charge is 2.43. The van der Waals surface area contributed by atoms with E-state index in [2.05, 4.69) is 10.3 Å². The molecule has 0 unspecified atom stereocenters. The lowest BCUT2D eigenvalue weighted by Crippen LogP contribution is -2.43. The lowest BCUT2D eigenvalue weighted by atomic mass is 9.79. The molecule has 1 fully saturated rings. The van der Waals surface area contributed by atoms with Crippen molar-refractivity contribution in [3.63, 3.8) is 0 Å². The van der Waals surface area contributed by atoms with E-state index in [4.69, 9.17) is 5.73 Å². The Bertz CT molecular complexity index is 584. The number of para-hydroxylation sites is 1. The molecule has 0 saturated heterocycles. The van der Waals surface area contributed by atoms with Gasteiger partial charge in [-0.3, -0.25) is 0 Å². The van der Waals surface area contributed by atoms with Gasteiger partial charge in [-0.1, -0.05) is 23.4 Å². The van der Waals surface area contributed by atoms with Crippen LogP contribution in [0, 0.1) is 0 Å². The van der Waals surface area contributed by atoms with Gasteiger partial charge < -0.3 is 5.73 Å². The monoisotopic (exact) mass is 278 g/mol. The van der Waals surface area contributed by atoms with Crippen LogP contribution in [0.25, 0.3) is 5.69 Å². The van der Waals surface area contributed by atoms with Crippen LogP contribution in [0.4, 0.5) is 8.78 Å². The summed E-state index contributed by atoms with van der Waals surface area (Å²) in [5, 5.41) is 8.12. The van der Waals surface area contributed by atoms with Crippen LogP contribution in [0.3, 0.4) is 0 Å². The number of halogens is 2. The van der Waals surface area contributed by atoms with Gasteiger partial charge in [-0.2, -0.15) is 0 Å². The minimum absolute atomic E-state index is 0.193. The molecule has 0 aliphatic heterocycles. The lowest BCUT2D eigenvalue weighted by Gasteiger charge is -2.35. The number of aromatic nitrogens is 3. The Labute approximate surface area is 115 Å². The number of benzene rings is 1. The van der Waals surface area contributed by atoms with Gasteiger partial charge in [0.25, 0.3) is 0 Å². The molecule has 1 aromatic heterocycles. The van der Waals surface area contributed by atoms with Crippen LogP contribution < -0.4 is 5.73 Å². The highest BCUT2D eigenvalue weighted by molar-refractivity contribution is 5.30. The fraction of sp³-hybridized carbons (Fsp3) is 0.429. The average Bonchev–Trinajstić information content (AvgIpc) is 2.94. The van der Waals surface area contributed by atoms with Crippen LogP contribution in [0.5, 0.6) is 0 Å². The lowest BCUT2D eigenvalue weighted by molar-refractivity contribution is -0.0519. The normalized spacial score (nSPS) is 20.8. The van der Waals surface area contributed by atoms with E-state index < -0.39 is 11.5 Å². The molecule has 4 nitrogen and oxygen atoms in total. The van der Waals surface area contributed by atoms with E-state index in [1.165, 1.54) is 0 Å². The van der Waals surface area contributed by atoms with Gasteiger partial charge in [0.05, 0.1) is 17.4 Å². The minimum Gasteiger partial charge on any atom is -0.320 e. The summed E-state index contributed by atoms with van der Waals surface area (Å²) in [5.41, 5.74) is 6.90. The maximum Gasteiger partial charge on any atom is 0.248 e. The molecule has 2 N–H and O–H groups in total. The predicted octanol–water partition coefficient (Wildman–Crippen LogP) is 2.63. The predicted molar refractivity (Wildman–Crippen MR) is 70.6 cm³/mol. The Morgan fingerprint density at radius 2 is 1.70 bits per heavy atom. The molecule has 1 heterocycles. The Morgan fingerprint density at radius 1 is 1.05 bits per heavy atom. The fourth-order valence-corrected chi connectivity index (χ4v) is 2.52. The molecule has 106 valence electrons. The van der Waals surface area contributed by atoms with E-state index in [1.807, 2.05) is 30.3 Å². The second kappa shape index (κ2) is 4.63. The topological polar surface area (TPSA) is 56.7 Å². The summed E-state index contributed by atoms with van der Waals surface area (Å²) in [6.45, 7) is 0. The van der Waals surface area contributed by atoms with Gasteiger partial charge in [-0.25, -0.2) is 13.5 Å². The van der Waals surface area contributed by atoms with Crippen molar-refractivity contribution in [2.75, 3.05) is 0 Å². The SMILES string of the molecule is NC1(c2cn(-c3ccccc3)nn2)CCC(F)(F)CC1. The number of rotatable bonds is 2. The first-order valence-electron chi connectivity index (χ1n) is 6.64. The summed E-state index contributed by atoms with van der Waals surface area (Å²) < 4.78 is 28.1.